The standard InChI is InChI=1S/C25H24O4/c1-14-12-21(24(26)27)16(3)10-19(14)23(18-8-6-5-7-9-18)20-11-17(4)22(25(28)29)13-15(20)2/h5-13,23H,1-4H3,(H,26,27)(H,28,29). The van der Waals surface area contributed by atoms with Crippen LogP contribution in [0.1, 0.15) is 65.6 Å². The monoisotopic (exact) mass is 388 g/mol. The van der Waals surface area contributed by atoms with Gasteiger partial charge < -0.3 is 10.2 Å². The first-order chi connectivity index (χ1) is 13.7. The van der Waals surface area contributed by atoms with Gasteiger partial charge in [0.2, 0.25) is 0 Å². The Hall–Kier alpha value is -3.40. The van der Waals surface area contributed by atoms with Crippen molar-refractivity contribution in [3.8, 4) is 0 Å². The van der Waals surface area contributed by atoms with Gasteiger partial charge in [-0.05, 0) is 78.8 Å². The molecule has 0 aliphatic rings. The SMILES string of the molecule is Cc1cc(C(c2ccccc2)c2cc(C)c(C(=O)O)cc2C)c(C)cc1C(=O)O. The molecule has 0 amide bonds. The van der Waals surface area contributed by atoms with Crippen molar-refractivity contribution in [2.45, 2.75) is 33.6 Å². The van der Waals surface area contributed by atoms with E-state index in [9.17, 15) is 19.8 Å². The Bertz CT molecular complexity index is 1030. The Kier molecular flexibility index (Phi) is 5.55. The van der Waals surface area contributed by atoms with E-state index in [-0.39, 0.29) is 5.92 Å². The lowest BCUT2D eigenvalue weighted by Gasteiger charge is -2.24. The third kappa shape index (κ3) is 3.92. The molecule has 3 aromatic rings. The molecule has 0 fully saturated rings. The number of carbonyl (C=O) groups is 2. The van der Waals surface area contributed by atoms with E-state index in [4.69, 9.17) is 0 Å². The maximum absolute atomic E-state index is 11.5. The lowest BCUT2D eigenvalue weighted by molar-refractivity contribution is 0.0685. The van der Waals surface area contributed by atoms with Crippen molar-refractivity contribution < 1.29 is 19.8 Å². The third-order valence-electron chi connectivity index (χ3n) is 5.44. The minimum Gasteiger partial charge on any atom is -0.478 e. The van der Waals surface area contributed by atoms with Gasteiger partial charge in [0.05, 0.1) is 11.1 Å². The predicted octanol–water partition coefficient (Wildman–Crippen LogP) is 5.50. The molecule has 0 radical (unpaired) electrons. The average molecular weight is 388 g/mol. The molecule has 0 aromatic heterocycles. The summed E-state index contributed by atoms with van der Waals surface area (Å²) in [6, 6.07) is 17.3. The first kappa shape index (κ1) is 20.3. The van der Waals surface area contributed by atoms with E-state index in [1.165, 1.54) is 0 Å². The van der Waals surface area contributed by atoms with Gasteiger partial charge in [0.15, 0.2) is 0 Å². The second-order valence-corrected chi connectivity index (χ2v) is 7.50. The average Bonchev–Trinajstić information content (AvgIpc) is 2.67. The number of rotatable bonds is 5. The molecule has 0 aliphatic carbocycles. The van der Waals surface area contributed by atoms with E-state index in [0.717, 1.165) is 27.8 Å². The molecule has 3 rings (SSSR count). The predicted molar refractivity (Wildman–Crippen MR) is 113 cm³/mol. The Morgan fingerprint density at radius 1 is 0.655 bits per heavy atom. The fourth-order valence-corrected chi connectivity index (χ4v) is 3.93. The van der Waals surface area contributed by atoms with Crippen molar-refractivity contribution in [2.75, 3.05) is 0 Å². The Morgan fingerprint density at radius 3 is 1.45 bits per heavy atom. The molecule has 0 spiro atoms. The van der Waals surface area contributed by atoms with Crippen LogP contribution in [0.3, 0.4) is 0 Å². The van der Waals surface area contributed by atoms with E-state index < -0.39 is 11.9 Å². The molecule has 0 atom stereocenters. The van der Waals surface area contributed by atoms with Crippen LogP contribution in [0.5, 0.6) is 0 Å². The van der Waals surface area contributed by atoms with E-state index in [1.54, 1.807) is 26.0 Å². The minimum absolute atomic E-state index is 0.126. The van der Waals surface area contributed by atoms with Crippen LogP contribution in [-0.2, 0) is 0 Å². The van der Waals surface area contributed by atoms with Crippen molar-refractivity contribution >= 4 is 11.9 Å². The van der Waals surface area contributed by atoms with Crippen LogP contribution >= 0.6 is 0 Å². The molecule has 0 aliphatic heterocycles. The number of hydrogen-bond acceptors (Lipinski definition) is 2. The second kappa shape index (κ2) is 7.92. The Morgan fingerprint density at radius 2 is 1.07 bits per heavy atom. The summed E-state index contributed by atoms with van der Waals surface area (Å²) in [5.41, 5.74) is 6.89. The zero-order chi connectivity index (χ0) is 21.3. The Balaban J connectivity index is 2.29. The molecule has 29 heavy (non-hydrogen) atoms. The van der Waals surface area contributed by atoms with Gasteiger partial charge in [0.25, 0.3) is 0 Å². The lowest BCUT2D eigenvalue weighted by atomic mass is 9.79. The normalized spacial score (nSPS) is 10.9. The van der Waals surface area contributed by atoms with Gasteiger partial charge in [-0.2, -0.15) is 0 Å². The minimum atomic E-state index is -0.939. The zero-order valence-electron chi connectivity index (χ0n) is 17.0. The lowest BCUT2D eigenvalue weighted by Crippen LogP contribution is -2.11. The summed E-state index contributed by atoms with van der Waals surface area (Å²) in [7, 11) is 0. The summed E-state index contributed by atoms with van der Waals surface area (Å²) in [6.07, 6.45) is 0. The quantitative estimate of drug-likeness (QED) is 0.566. The maximum Gasteiger partial charge on any atom is 0.335 e. The van der Waals surface area contributed by atoms with Gasteiger partial charge in [-0.1, -0.05) is 42.5 Å². The van der Waals surface area contributed by atoms with Crippen LogP contribution < -0.4 is 0 Å². The van der Waals surface area contributed by atoms with Gasteiger partial charge in [0, 0.05) is 5.92 Å². The van der Waals surface area contributed by atoms with E-state index >= 15 is 0 Å². The molecule has 0 heterocycles. The molecule has 2 N–H and O–H groups in total. The number of hydrogen-bond donors (Lipinski definition) is 2. The first-order valence-corrected chi connectivity index (χ1v) is 9.44. The highest BCUT2D eigenvalue weighted by Crippen LogP contribution is 2.37. The topological polar surface area (TPSA) is 74.6 Å². The highest BCUT2D eigenvalue weighted by Gasteiger charge is 2.24. The van der Waals surface area contributed by atoms with Crippen LogP contribution in [0.25, 0.3) is 0 Å². The summed E-state index contributed by atoms with van der Waals surface area (Å²) in [5, 5.41) is 18.9. The van der Waals surface area contributed by atoms with Gasteiger partial charge in [-0.25, -0.2) is 9.59 Å². The largest absolute Gasteiger partial charge is 0.478 e. The Labute approximate surface area is 170 Å². The van der Waals surface area contributed by atoms with Crippen LogP contribution in [0.15, 0.2) is 54.6 Å². The molecule has 4 nitrogen and oxygen atoms in total. The van der Waals surface area contributed by atoms with E-state index in [2.05, 4.69) is 0 Å². The number of aromatic carboxylic acids is 2. The number of benzene rings is 3. The summed E-state index contributed by atoms with van der Waals surface area (Å²) in [5.74, 6) is -2.00. The van der Waals surface area contributed by atoms with Crippen LogP contribution in [0.2, 0.25) is 0 Å². The smallest absolute Gasteiger partial charge is 0.335 e. The molecule has 0 saturated carbocycles. The van der Waals surface area contributed by atoms with Crippen LogP contribution in [0.4, 0.5) is 0 Å². The van der Waals surface area contributed by atoms with Crippen molar-refractivity contribution in [3.05, 3.63) is 105 Å². The van der Waals surface area contributed by atoms with E-state index in [0.29, 0.717) is 22.3 Å². The zero-order valence-corrected chi connectivity index (χ0v) is 17.0. The van der Waals surface area contributed by atoms with Crippen molar-refractivity contribution in [2.24, 2.45) is 0 Å². The summed E-state index contributed by atoms with van der Waals surface area (Å²) < 4.78 is 0. The third-order valence-corrected chi connectivity index (χ3v) is 5.44. The molecule has 0 saturated heterocycles. The van der Waals surface area contributed by atoms with Crippen LogP contribution in [0, 0.1) is 27.7 Å². The second-order valence-electron chi connectivity index (χ2n) is 7.50. The molecule has 0 unspecified atom stereocenters. The van der Waals surface area contributed by atoms with Crippen LogP contribution in [-0.4, -0.2) is 22.2 Å². The number of aryl methyl sites for hydroxylation is 4. The number of carboxylic acid groups (broad SMARTS) is 2. The summed E-state index contributed by atoms with van der Waals surface area (Å²) in [6.45, 7) is 7.45. The van der Waals surface area contributed by atoms with Gasteiger partial charge in [0.1, 0.15) is 0 Å². The van der Waals surface area contributed by atoms with Gasteiger partial charge >= 0.3 is 11.9 Å². The molecule has 0 bridgehead atoms. The van der Waals surface area contributed by atoms with E-state index in [1.807, 2.05) is 56.3 Å². The molecular weight excluding hydrogens is 364 g/mol. The van der Waals surface area contributed by atoms with Crippen molar-refractivity contribution in [3.63, 3.8) is 0 Å². The van der Waals surface area contributed by atoms with Crippen molar-refractivity contribution in [1.82, 2.24) is 0 Å². The van der Waals surface area contributed by atoms with Crippen molar-refractivity contribution in [1.29, 1.82) is 0 Å². The summed E-state index contributed by atoms with van der Waals surface area (Å²) in [4.78, 5) is 23.1. The van der Waals surface area contributed by atoms with Gasteiger partial charge in [-0.15, -0.1) is 0 Å². The fourth-order valence-electron chi connectivity index (χ4n) is 3.93. The highest BCUT2D eigenvalue weighted by atomic mass is 16.4. The molecule has 3 aromatic carbocycles. The molecular formula is C25H24O4. The van der Waals surface area contributed by atoms with Gasteiger partial charge in [-0.3, -0.25) is 0 Å². The number of carboxylic acids is 2. The first-order valence-electron chi connectivity index (χ1n) is 9.44. The molecule has 4 heteroatoms. The molecule has 148 valence electrons. The maximum atomic E-state index is 11.5. The fraction of sp³-hybridized carbons (Fsp3) is 0.200. The summed E-state index contributed by atoms with van der Waals surface area (Å²) >= 11 is 0. The highest BCUT2D eigenvalue weighted by molar-refractivity contribution is 5.90.